The highest BCUT2D eigenvalue weighted by molar-refractivity contribution is 5.82. The number of aromatic nitrogens is 3. The highest BCUT2D eigenvalue weighted by Gasteiger charge is 2.22. The summed E-state index contributed by atoms with van der Waals surface area (Å²) < 4.78 is 5.31. The number of rotatable bonds is 5. The summed E-state index contributed by atoms with van der Waals surface area (Å²) in [6.07, 6.45) is 0.636. The first-order chi connectivity index (χ1) is 15.7. The van der Waals surface area contributed by atoms with Crippen molar-refractivity contribution < 1.29 is 9.32 Å². The van der Waals surface area contributed by atoms with Gasteiger partial charge in [-0.2, -0.15) is 4.98 Å². The Bertz CT molecular complexity index is 1290. The van der Waals surface area contributed by atoms with Gasteiger partial charge in [-0.15, -0.1) is 0 Å². The molecule has 0 saturated carbocycles. The van der Waals surface area contributed by atoms with Crippen molar-refractivity contribution in [3.05, 3.63) is 76.9 Å². The van der Waals surface area contributed by atoms with Gasteiger partial charge in [0.05, 0.1) is 5.56 Å². The molecule has 162 valence electrons. The summed E-state index contributed by atoms with van der Waals surface area (Å²) in [6.45, 7) is 3.00. The van der Waals surface area contributed by atoms with Crippen molar-refractivity contribution in [2.24, 2.45) is 0 Å². The Morgan fingerprint density at radius 3 is 2.56 bits per heavy atom. The summed E-state index contributed by atoms with van der Waals surface area (Å²) in [7, 11) is 0. The van der Waals surface area contributed by atoms with Crippen LogP contribution in [0.25, 0.3) is 22.3 Å². The Hall–Kier alpha value is -3.94. The number of carbonyl (C=O) groups is 1. The first-order valence-corrected chi connectivity index (χ1v) is 10.7. The maximum Gasteiger partial charge on any atom is 0.259 e. The predicted molar refractivity (Wildman–Crippen MR) is 121 cm³/mol. The van der Waals surface area contributed by atoms with Crippen LogP contribution in [-0.2, 0) is 11.2 Å². The van der Waals surface area contributed by atoms with Gasteiger partial charge in [-0.3, -0.25) is 9.59 Å². The van der Waals surface area contributed by atoms with Crippen molar-refractivity contribution in [2.45, 2.75) is 12.8 Å². The average Bonchev–Trinajstić information content (AvgIpc) is 3.31. The van der Waals surface area contributed by atoms with Crippen LogP contribution in [0.3, 0.4) is 0 Å². The number of fused-ring (bicyclic) bond motifs is 1. The number of pyridine rings is 1. The number of carbonyl (C=O) groups excluding carboxylic acids is 1. The fourth-order valence-electron chi connectivity index (χ4n) is 4.00. The average molecular weight is 429 g/mol. The molecule has 8 heteroatoms. The van der Waals surface area contributed by atoms with Crippen LogP contribution in [-0.4, -0.2) is 52.1 Å². The lowest BCUT2D eigenvalue weighted by Crippen LogP contribution is -2.48. The summed E-state index contributed by atoms with van der Waals surface area (Å²) in [5.74, 6) is 0.653. The van der Waals surface area contributed by atoms with Crippen LogP contribution < -0.4 is 10.5 Å². The molecule has 2 aromatic carbocycles. The fourth-order valence-corrected chi connectivity index (χ4v) is 4.00. The number of para-hydroxylation sites is 2. The van der Waals surface area contributed by atoms with Gasteiger partial charge < -0.3 is 19.3 Å². The standard InChI is InChI=1S/C24H23N5O3/c30-22(29-14-12-28(13-15-29)18-7-2-1-3-8-18)11-10-21-26-23(27-32-21)19-16-17-6-4-5-9-20(17)25-24(19)31/h1-9,16H,10-15H2,(H,25,31). The van der Waals surface area contributed by atoms with Crippen LogP contribution in [0.4, 0.5) is 5.69 Å². The van der Waals surface area contributed by atoms with Crippen molar-refractivity contribution in [2.75, 3.05) is 31.1 Å². The van der Waals surface area contributed by atoms with Crippen LogP contribution in [0.5, 0.6) is 0 Å². The van der Waals surface area contributed by atoms with Gasteiger partial charge >= 0.3 is 0 Å². The van der Waals surface area contributed by atoms with E-state index in [1.54, 1.807) is 6.07 Å². The number of hydrogen-bond acceptors (Lipinski definition) is 6. The van der Waals surface area contributed by atoms with E-state index in [9.17, 15) is 9.59 Å². The zero-order valence-corrected chi connectivity index (χ0v) is 17.5. The van der Waals surface area contributed by atoms with Crippen LogP contribution in [0, 0.1) is 0 Å². The van der Waals surface area contributed by atoms with Crippen LogP contribution in [0.1, 0.15) is 12.3 Å². The van der Waals surface area contributed by atoms with E-state index in [0.717, 1.165) is 24.0 Å². The lowest BCUT2D eigenvalue weighted by Gasteiger charge is -2.36. The highest BCUT2D eigenvalue weighted by atomic mass is 16.5. The van der Waals surface area contributed by atoms with Crippen molar-refractivity contribution in [1.82, 2.24) is 20.0 Å². The fraction of sp³-hybridized carbons (Fsp3) is 0.250. The van der Waals surface area contributed by atoms with E-state index in [-0.39, 0.29) is 17.3 Å². The quantitative estimate of drug-likeness (QED) is 0.524. The number of anilines is 1. The van der Waals surface area contributed by atoms with E-state index in [1.807, 2.05) is 47.4 Å². The molecule has 1 aliphatic heterocycles. The maximum absolute atomic E-state index is 12.7. The third kappa shape index (κ3) is 4.12. The second-order valence-electron chi connectivity index (χ2n) is 7.81. The zero-order valence-electron chi connectivity index (χ0n) is 17.5. The van der Waals surface area contributed by atoms with Gasteiger partial charge in [-0.1, -0.05) is 41.6 Å². The van der Waals surface area contributed by atoms with Gasteiger partial charge in [0.2, 0.25) is 17.6 Å². The molecule has 4 aromatic rings. The lowest BCUT2D eigenvalue weighted by molar-refractivity contribution is -0.131. The number of aryl methyl sites for hydroxylation is 1. The molecule has 1 aliphatic rings. The molecule has 0 bridgehead atoms. The van der Waals surface area contributed by atoms with Gasteiger partial charge in [0.1, 0.15) is 0 Å². The number of nitrogens with zero attached hydrogens (tertiary/aromatic N) is 4. The van der Waals surface area contributed by atoms with E-state index < -0.39 is 0 Å². The van der Waals surface area contributed by atoms with E-state index in [2.05, 4.69) is 32.2 Å². The molecule has 2 aromatic heterocycles. The molecule has 0 atom stereocenters. The Morgan fingerprint density at radius 1 is 1.00 bits per heavy atom. The minimum absolute atomic E-state index is 0.0704. The van der Waals surface area contributed by atoms with E-state index in [0.29, 0.717) is 37.4 Å². The molecule has 32 heavy (non-hydrogen) atoms. The summed E-state index contributed by atoms with van der Waals surface area (Å²) >= 11 is 0. The normalized spacial score (nSPS) is 14.1. The minimum atomic E-state index is -0.275. The number of benzene rings is 2. The summed E-state index contributed by atoms with van der Waals surface area (Å²) in [5, 5.41) is 4.84. The predicted octanol–water partition coefficient (Wildman–Crippen LogP) is 2.86. The summed E-state index contributed by atoms with van der Waals surface area (Å²) in [5.41, 5.74) is 2.01. The van der Waals surface area contributed by atoms with E-state index >= 15 is 0 Å². The van der Waals surface area contributed by atoms with E-state index in [4.69, 9.17) is 4.52 Å². The molecule has 3 heterocycles. The third-order valence-electron chi connectivity index (χ3n) is 5.77. The van der Waals surface area contributed by atoms with Crippen molar-refractivity contribution in [3.8, 4) is 11.4 Å². The molecule has 1 fully saturated rings. The van der Waals surface area contributed by atoms with Gasteiger partial charge in [0.15, 0.2) is 0 Å². The van der Waals surface area contributed by atoms with Gasteiger partial charge in [0.25, 0.3) is 5.56 Å². The van der Waals surface area contributed by atoms with Crippen LogP contribution in [0.15, 0.2) is 70.0 Å². The molecule has 5 rings (SSSR count). The molecule has 0 spiro atoms. The molecular formula is C24H23N5O3. The molecule has 0 radical (unpaired) electrons. The highest BCUT2D eigenvalue weighted by Crippen LogP contribution is 2.19. The molecule has 1 saturated heterocycles. The van der Waals surface area contributed by atoms with Crippen molar-refractivity contribution in [1.29, 1.82) is 0 Å². The smallest absolute Gasteiger partial charge is 0.259 e. The molecule has 0 unspecified atom stereocenters. The number of hydrogen-bond donors (Lipinski definition) is 1. The SMILES string of the molecule is O=C(CCc1nc(-c2cc3ccccc3[nH]c2=O)no1)N1CCN(c2ccccc2)CC1. The lowest BCUT2D eigenvalue weighted by atomic mass is 10.1. The molecule has 0 aliphatic carbocycles. The zero-order chi connectivity index (χ0) is 21.9. The molecule has 1 N–H and O–H groups in total. The number of aromatic amines is 1. The molecular weight excluding hydrogens is 406 g/mol. The van der Waals surface area contributed by atoms with E-state index in [1.165, 1.54) is 5.69 Å². The first-order valence-electron chi connectivity index (χ1n) is 10.7. The topological polar surface area (TPSA) is 95.3 Å². The van der Waals surface area contributed by atoms with Gasteiger partial charge in [-0.05, 0) is 29.7 Å². The largest absolute Gasteiger partial charge is 0.368 e. The number of piperazine rings is 1. The maximum atomic E-state index is 12.7. The Morgan fingerprint density at radius 2 is 1.75 bits per heavy atom. The third-order valence-corrected chi connectivity index (χ3v) is 5.77. The van der Waals surface area contributed by atoms with Gasteiger partial charge in [0, 0.05) is 50.2 Å². The number of H-pyrrole nitrogens is 1. The van der Waals surface area contributed by atoms with Crippen LogP contribution in [0.2, 0.25) is 0 Å². The second-order valence-corrected chi connectivity index (χ2v) is 7.81. The summed E-state index contributed by atoms with van der Waals surface area (Å²) in [4.78, 5) is 36.4. The Balaban J connectivity index is 1.19. The van der Waals surface area contributed by atoms with Gasteiger partial charge in [-0.25, -0.2) is 0 Å². The molecule has 1 amide bonds. The Labute approximate surface area is 184 Å². The van der Waals surface area contributed by atoms with Crippen molar-refractivity contribution >= 4 is 22.5 Å². The summed E-state index contributed by atoms with van der Waals surface area (Å²) in [6, 6.07) is 19.5. The van der Waals surface area contributed by atoms with Crippen molar-refractivity contribution in [3.63, 3.8) is 0 Å². The number of nitrogens with one attached hydrogen (secondary N) is 1. The second kappa shape index (κ2) is 8.66. The first kappa shape index (κ1) is 20.0. The van der Waals surface area contributed by atoms with Crippen LogP contribution >= 0.6 is 0 Å². The monoisotopic (exact) mass is 429 g/mol. The Kier molecular flexibility index (Phi) is 5.41. The number of amides is 1. The minimum Gasteiger partial charge on any atom is -0.368 e. The molecule has 8 nitrogen and oxygen atoms in total.